The molecule has 0 aromatic heterocycles. The molecule has 3 unspecified atom stereocenters. The van der Waals surface area contributed by atoms with Gasteiger partial charge in [0, 0.05) is 23.0 Å². The van der Waals surface area contributed by atoms with E-state index in [1.54, 1.807) is 0 Å². The number of carbonyl (C=O) groups is 2. The van der Waals surface area contributed by atoms with Crippen LogP contribution in [0.3, 0.4) is 0 Å². The molecule has 3 aromatic rings. The lowest BCUT2D eigenvalue weighted by Gasteiger charge is -2.35. The molecule has 0 radical (unpaired) electrons. The second-order valence-electron chi connectivity index (χ2n) is 7.95. The highest BCUT2D eigenvalue weighted by Gasteiger charge is 2.48. The molecule has 6 rings (SSSR count). The summed E-state index contributed by atoms with van der Waals surface area (Å²) in [6.45, 7) is 0. The van der Waals surface area contributed by atoms with Crippen LogP contribution in [0.2, 0.25) is 0 Å². The molecular weight excluding hydrogens is 344 g/mol. The van der Waals surface area contributed by atoms with Gasteiger partial charge in [0.2, 0.25) is 0 Å². The quantitative estimate of drug-likeness (QED) is 0.629. The Kier molecular flexibility index (Phi) is 3.16. The molecule has 3 aromatic carbocycles. The van der Waals surface area contributed by atoms with Crippen molar-refractivity contribution in [3.63, 3.8) is 0 Å². The van der Waals surface area contributed by atoms with E-state index in [4.69, 9.17) is 0 Å². The molecule has 3 atom stereocenters. The van der Waals surface area contributed by atoms with E-state index in [9.17, 15) is 9.59 Å². The van der Waals surface area contributed by atoms with E-state index in [0.717, 1.165) is 27.8 Å². The molecule has 134 valence electrons. The number of hydrogen-bond acceptors (Lipinski definition) is 2. The number of hydrogen-bond donors (Lipinski definition) is 0. The molecule has 0 amide bonds. The van der Waals surface area contributed by atoms with Gasteiger partial charge < -0.3 is 0 Å². The minimum absolute atomic E-state index is 0.118. The molecule has 0 aliphatic heterocycles. The minimum atomic E-state index is -0.296. The zero-order valence-corrected chi connectivity index (χ0v) is 15.3. The average molecular weight is 362 g/mol. The standard InChI is InChI=1S/C26H18O2/c27-25-18-9-4-2-7-16(18)14-22(25)24-21-11-5-10-20(23(21)26(24)28)19-13-12-15-6-1-3-8-17(15)19/h1-13,19,22,24H,14H2. The maximum Gasteiger partial charge on any atom is 0.171 e. The lowest BCUT2D eigenvalue weighted by Crippen LogP contribution is -2.36. The van der Waals surface area contributed by atoms with Gasteiger partial charge in [-0.05, 0) is 34.2 Å². The normalized spacial score (nSPS) is 23.9. The highest BCUT2D eigenvalue weighted by atomic mass is 16.1. The van der Waals surface area contributed by atoms with Gasteiger partial charge in [0.1, 0.15) is 0 Å². The van der Waals surface area contributed by atoms with Crippen LogP contribution in [0, 0.1) is 5.92 Å². The van der Waals surface area contributed by atoms with Crippen molar-refractivity contribution < 1.29 is 9.59 Å². The van der Waals surface area contributed by atoms with Crippen molar-refractivity contribution in [1.29, 1.82) is 0 Å². The largest absolute Gasteiger partial charge is 0.294 e. The van der Waals surface area contributed by atoms with E-state index in [0.29, 0.717) is 6.42 Å². The molecule has 2 nitrogen and oxygen atoms in total. The van der Waals surface area contributed by atoms with E-state index in [1.165, 1.54) is 11.1 Å². The lowest BCUT2D eigenvalue weighted by molar-refractivity contribution is 0.0805. The van der Waals surface area contributed by atoms with Crippen LogP contribution in [0.15, 0.2) is 72.8 Å². The van der Waals surface area contributed by atoms with Gasteiger partial charge in [0.25, 0.3) is 0 Å². The Bertz CT molecular complexity index is 1200. The highest BCUT2D eigenvalue weighted by Crippen LogP contribution is 2.49. The maximum absolute atomic E-state index is 13.2. The smallest absolute Gasteiger partial charge is 0.171 e. The van der Waals surface area contributed by atoms with E-state index in [1.807, 2.05) is 48.5 Å². The van der Waals surface area contributed by atoms with E-state index >= 15 is 0 Å². The molecular formula is C26H18O2. The first-order chi connectivity index (χ1) is 13.7. The van der Waals surface area contributed by atoms with Crippen LogP contribution in [0.1, 0.15) is 60.4 Å². The molecule has 0 saturated carbocycles. The van der Waals surface area contributed by atoms with Gasteiger partial charge in [-0.2, -0.15) is 0 Å². The van der Waals surface area contributed by atoms with Crippen molar-refractivity contribution in [2.75, 3.05) is 0 Å². The molecule has 2 heteroatoms. The van der Waals surface area contributed by atoms with Crippen molar-refractivity contribution in [3.05, 3.63) is 112 Å². The summed E-state index contributed by atoms with van der Waals surface area (Å²) in [5.41, 5.74) is 7.28. The van der Waals surface area contributed by atoms with Gasteiger partial charge in [-0.25, -0.2) is 0 Å². The summed E-state index contributed by atoms with van der Waals surface area (Å²) in [4.78, 5) is 26.2. The van der Waals surface area contributed by atoms with Crippen LogP contribution in [-0.2, 0) is 6.42 Å². The summed E-state index contributed by atoms with van der Waals surface area (Å²) < 4.78 is 0. The second-order valence-corrected chi connectivity index (χ2v) is 7.95. The fraction of sp³-hybridized carbons (Fsp3) is 0.154. The van der Waals surface area contributed by atoms with Crippen LogP contribution in [0.25, 0.3) is 6.08 Å². The van der Waals surface area contributed by atoms with Gasteiger partial charge in [0.15, 0.2) is 11.6 Å². The zero-order valence-electron chi connectivity index (χ0n) is 15.3. The third kappa shape index (κ3) is 1.98. The van der Waals surface area contributed by atoms with Crippen molar-refractivity contribution >= 4 is 17.6 Å². The molecule has 0 bridgehead atoms. The number of benzene rings is 3. The summed E-state index contributed by atoms with van der Waals surface area (Å²) in [7, 11) is 0. The average Bonchev–Trinajstić information content (AvgIpc) is 3.29. The Hall–Kier alpha value is -3.26. The summed E-state index contributed by atoms with van der Waals surface area (Å²) >= 11 is 0. The van der Waals surface area contributed by atoms with Crippen molar-refractivity contribution in [2.45, 2.75) is 18.3 Å². The number of ketones is 2. The van der Waals surface area contributed by atoms with Crippen molar-refractivity contribution in [3.8, 4) is 0 Å². The summed E-state index contributed by atoms with van der Waals surface area (Å²) in [6.07, 6.45) is 4.98. The Morgan fingerprint density at radius 1 is 0.714 bits per heavy atom. The number of rotatable bonds is 2. The molecule has 0 spiro atoms. The Balaban J connectivity index is 1.40. The van der Waals surface area contributed by atoms with Gasteiger partial charge in [0.05, 0.1) is 5.92 Å². The fourth-order valence-corrected chi connectivity index (χ4v) is 5.27. The molecule has 0 N–H and O–H groups in total. The number of allylic oxidation sites excluding steroid dienone is 1. The third-order valence-corrected chi connectivity index (χ3v) is 6.59. The topological polar surface area (TPSA) is 34.1 Å². The van der Waals surface area contributed by atoms with Crippen LogP contribution < -0.4 is 0 Å². The molecule has 0 fully saturated rings. The Labute approximate surface area is 163 Å². The van der Waals surface area contributed by atoms with Crippen LogP contribution in [-0.4, -0.2) is 11.6 Å². The number of Topliss-reactive ketones (excluding diaryl/α,β-unsaturated/α-hetero) is 2. The Morgan fingerprint density at radius 2 is 1.46 bits per heavy atom. The predicted molar refractivity (Wildman–Crippen MR) is 109 cm³/mol. The lowest BCUT2D eigenvalue weighted by atomic mass is 9.65. The maximum atomic E-state index is 13.2. The van der Waals surface area contributed by atoms with Gasteiger partial charge in [-0.1, -0.05) is 78.9 Å². The van der Waals surface area contributed by atoms with E-state index < -0.39 is 0 Å². The minimum Gasteiger partial charge on any atom is -0.294 e. The zero-order chi connectivity index (χ0) is 18.8. The summed E-state index contributed by atoms with van der Waals surface area (Å²) in [5.74, 6) is -0.173. The monoisotopic (exact) mass is 362 g/mol. The Morgan fingerprint density at radius 3 is 2.36 bits per heavy atom. The van der Waals surface area contributed by atoms with E-state index in [2.05, 4.69) is 30.4 Å². The third-order valence-electron chi connectivity index (χ3n) is 6.59. The van der Waals surface area contributed by atoms with E-state index in [-0.39, 0.29) is 29.3 Å². The van der Waals surface area contributed by atoms with Gasteiger partial charge in [-0.15, -0.1) is 0 Å². The van der Waals surface area contributed by atoms with Crippen LogP contribution in [0.5, 0.6) is 0 Å². The highest BCUT2D eigenvalue weighted by molar-refractivity contribution is 6.16. The second kappa shape index (κ2) is 5.62. The predicted octanol–water partition coefficient (Wildman–Crippen LogP) is 5.18. The first kappa shape index (κ1) is 15.8. The molecule has 3 aliphatic rings. The number of fused-ring (bicyclic) bond motifs is 3. The molecule has 3 aliphatic carbocycles. The van der Waals surface area contributed by atoms with Crippen molar-refractivity contribution in [1.82, 2.24) is 0 Å². The van der Waals surface area contributed by atoms with Gasteiger partial charge >= 0.3 is 0 Å². The molecule has 0 heterocycles. The van der Waals surface area contributed by atoms with Crippen LogP contribution >= 0.6 is 0 Å². The molecule has 28 heavy (non-hydrogen) atoms. The van der Waals surface area contributed by atoms with Crippen LogP contribution in [0.4, 0.5) is 0 Å². The molecule has 0 saturated heterocycles. The summed E-state index contributed by atoms with van der Waals surface area (Å²) in [5, 5.41) is 0. The first-order valence-electron chi connectivity index (χ1n) is 9.80. The fourth-order valence-electron chi connectivity index (χ4n) is 5.27. The number of carbonyl (C=O) groups excluding carboxylic acids is 2. The first-order valence-corrected chi connectivity index (χ1v) is 9.80. The summed E-state index contributed by atoms with van der Waals surface area (Å²) in [6, 6.07) is 22.2. The van der Waals surface area contributed by atoms with Crippen molar-refractivity contribution in [2.24, 2.45) is 5.92 Å². The van der Waals surface area contributed by atoms with Gasteiger partial charge in [-0.3, -0.25) is 9.59 Å². The SMILES string of the molecule is O=C1c2ccccc2CC1C1C(=O)c2c(C3C=Cc4ccccc43)cccc21.